The van der Waals surface area contributed by atoms with E-state index >= 15 is 0 Å². The molecule has 0 aromatic heterocycles. The number of para-hydroxylation sites is 1. The number of methoxy groups -OCH3 is 1. The summed E-state index contributed by atoms with van der Waals surface area (Å²) in [5, 5.41) is 35.9. The number of ketones is 1. The topological polar surface area (TPSA) is 120 Å². The zero-order valence-corrected chi connectivity index (χ0v) is 34.8. The van der Waals surface area contributed by atoms with E-state index in [-0.39, 0.29) is 41.8 Å². The number of aliphatic hydroxyl groups excluding tert-OH is 4. The van der Waals surface area contributed by atoms with Crippen molar-refractivity contribution >= 4 is 23.2 Å². The van der Waals surface area contributed by atoms with Gasteiger partial charge < -0.3 is 34.8 Å². The zero-order chi connectivity index (χ0) is 41.9. The maximum absolute atomic E-state index is 12.9. The summed E-state index contributed by atoms with van der Waals surface area (Å²) >= 11 is 1.60. The van der Waals surface area contributed by atoms with Gasteiger partial charge in [0.25, 0.3) is 0 Å². The molecule has 0 aliphatic carbocycles. The molecule has 4 rings (SSSR count). The minimum absolute atomic E-state index is 0.0141. The lowest BCUT2D eigenvalue weighted by Gasteiger charge is -2.53. The van der Waals surface area contributed by atoms with Gasteiger partial charge in [0.15, 0.2) is 5.78 Å². The maximum atomic E-state index is 12.9. The summed E-state index contributed by atoms with van der Waals surface area (Å²) < 4.78 is 23.7. The van der Waals surface area contributed by atoms with Gasteiger partial charge in [0.1, 0.15) is 18.1 Å². The summed E-state index contributed by atoms with van der Waals surface area (Å²) in [4.78, 5) is 14.5. The third-order valence-electron chi connectivity index (χ3n) is 8.23. The van der Waals surface area contributed by atoms with E-state index in [0.29, 0.717) is 23.3 Å². The highest BCUT2D eigenvalue weighted by Gasteiger charge is 2.46. The lowest BCUT2D eigenvalue weighted by molar-refractivity contribution is -0.170. The standard InChI is InChI=1S/C19H20FNO2S.C13H18O.C7H14O4.C4H6.C2H6/c1-13-18(19(23-2)21(13)16-6-4-3-5-7-16)24-12-17(22)14-8-10-15(20)11-9-14;1-5-13(9-11(2)3)8-6-7-12(4)10-14;1-4-7(10)6(9)2-5(3-8)11-4;1-3-4-2;1-2/h3-11,13,18-19H,12H2,1-2H3;5,10,14H,2,8-9H2,1,3-4H3;4-10H,2-3H2,1H3;3-4H,1-2H2;1-2H3/b;12-10+,13-5+;;;. The Hall–Kier alpha value is -3.95. The summed E-state index contributed by atoms with van der Waals surface area (Å²) in [6.45, 7) is 24.1. The van der Waals surface area contributed by atoms with Crippen molar-refractivity contribution in [2.75, 3.05) is 24.4 Å². The van der Waals surface area contributed by atoms with E-state index in [0.717, 1.165) is 30.4 Å². The molecule has 0 radical (unpaired) electrons. The first-order chi connectivity index (χ1) is 26.3. The van der Waals surface area contributed by atoms with Gasteiger partial charge >= 0.3 is 0 Å². The minimum atomic E-state index is -0.821. The van der Waals surface area contributed by atoms with Crippen LogP contribution in [0.3, 0.4) is 0 Å². The van der Waals surface area contributed by atoms with Crippen LogP contribution in [0, 0.1) is 17.7 Å². The van der Waals surface area contributed by atoms with Gasteiger partial charge in [0.05, 0.1) is 42.2 Å². The number of halogens is 1. The molecule has 0 amide bonds. The van der Waals surface area contributed by atoms with Crippen LogP contribution in [0.25, 0.3) is 0 Å². The fourth-order valence-corrected chi connectivity index (χ4v) is 6.62. The maximum Gasteiger partial charge on any atom is 0.172 e. The number of thioether (sulfide) groups is 1. The summed E-state index contributed by atoms with van der Waals surface area (Å²) in [6, 6.07) is 16.1. The number of rotatable bonds is 11. The van der Waals surface area contributed by atoms with E-state index in [1.165, 1.54) is 29.8 Å². The zero-order valence-electron chi connectivity index (χ0n) is 34.0. The van der Waals surface area contributed by atoms with Gasteiger partial charge in [-0.15, -0.1) is 11.8 Å². The number of nitrogens with zero attached hydrogens (tertiary/aromatic N) is 1. The average molecular weight is 782 g/mol. The number of hydrogen-bond acceptors (Lipinski definition) is 9. The number of allylic oxidation sites excluding steroid dienone is 6. The summed E-state index contributed by atoms with van der Waals surface area (Å²) in [6.07, 6.45) is 5.98. The molecule has 2 aromatic rings. The molecule has 10 heteroatoms. The summed E-state index contributed by atoms with van der Waals surface area (Å²) in [5.74, 6) is 5.92. The van der Waals surface area contributed by atoms with Gasteiger partial charge in [-0.3, -0.25) is 4.79 Å². The van der Waals surface area contributed by atoms with Crippen molar-refractivity contribution < 1.29 is 39.1 Å². The van der Waals surface area contributed by atoms with E-state index in [1.807, 2.05) is 45.9 Å². The van der Waals surface area contributed by atoms with Gasteiger partial charge in [-0.1, -0.05) is 93.0 Å². The quantitative estimate of drug-likeness (QED) is 0.0583. The van der Waals surface area contributed by atoms with Crippen molar-refractivity contribution in [1.29, 1.82) is 0 Å². The Kier molecular flexibility index (Phi) is 27.2. The van der Waals surface area contributed by atoms with Crippen LogP contribution in [0.15, 0.2) is 116 Å². The van der Waals surface area contributed by atoms with E-state index in [9.17, 15) is 19.4 Å². The fraction of sp³-hybridized carbons (Fsp3) is 0.444. The predicted octanol–water partition coefficient (Wildman–Crippen LogP) is 9.01. The molecule has 304 valence electrons. The molecule has 4 N–H and O–H groups in total. The first kappa shape index (κ1) is 51.0. The van der Waals surface area contributed by atoms with Crippen molar-refractivity contribution in [3.8, 4) is 11.8 Å². The van der Waals surface area contributed by atoms with Crippen LogP contribution in [0.2, 0.25) is 0 Å². The van der Waals surface area contributed by atoms with Gasteiger partial charge in [0.2, 0.25) is 0 Å². The molecule has 7 atom stereocenters. The van der Waals surface area contributed by atoms with E-state index in [4.69, 9.17) is 19.7 Å². The Labute approximate surface area is 334 Å². The molecular weight excluding hydrogens is 718 g/mol. The largest absolute Gasteiger partial charge is 0.515 e. The lowest BCUT2D eigenvalue weighted by Crippen LogP contribution is -2.66. The monoisotopic (exact) mass is 781 g/mol. The molecule has 55 heavy (non-hydrogen) atoms. The third-order valence-corrected chi connectivity index (χ3v) is 9.67. The van der Waals surface area contributed by atoms with Crippen LogP contribution in [0.1, 0.15) is 78.1 Å². The molecule has 8 nitrogen and oxygen atoms in total. The summed E-state index contributed by atoms with van der Waals surface area (Å²) in [5.41, 5.74) is 4.78. The van der Waals surface area contributed by atoms with Gasteiger partial charge in [-0.05, 0) is 77.4 Å². The number of Topliss-reactive ketones (excluding diaryl/α,β-unsaturated/α-hetero) is 1. The van der Waals surface area contributed by atoms with Crippen LogP contribution in [-0.4, -0.2) is 87.6 Å². The Balaban J connectivity index is 0.000000801. The second-order valence-electron chi connectivity index (χ2n) is 12.6. The first-order valence-corrected chi connectivity index (χ1v) is 19.5. The van der Waals surface area contributed by atoms with Crippen molar-refractivity contribution in [3.63, 3.8) is 0 Å². The fourth-order valence-electron chi connectivity index (χ4n) is 5.29. The van der Waals surface area contributed by atoms with E-state index < -0.39 is 18.3 Å². The number of carbonyl (C=O) groups excluding carboxylic acids is 1. The lowest BCUT2D eigenvalue weighted by atomic mass is 9.99. The van der Waals surface area contributed by atoms with Crippen LogP contribution < -0.4 is 4.90 Å². The number of hydrogen-bond donors (Lipinski definition) is 4. The highest BCUT2D eigenvalue weighted by molar-refractivity contribution is 8.00. The minimum Gasteiger partial charge on any atom is -0.515 e. The van der Waals surface area contributed by atoms with Gasteiger partial charge in [-0.25, -0.2) is 4.39 Å². The molecule has 7 unspecified atom stereocenters. The summed E-state index contributed by atoms with van der Waals surface area (Å²) in [7, 11) is 1.70. The molecule has 0 saturated carbocycles. The van der Waals surface area contributed by atoms with E-state index in [1.54, 1.807) is 44.9 Å². The molecule has 2 aliphatic heterocycles. The predicted molar refractivity (Wildman–Crippen MR) is 228 cm³/mol. The van der Waals surface area contributed by atoms with Gasteiger partial charge in [0, 0.05) is 42.8 Å². The molecule has 2 aliphatic rings. The number of aliphatic hydroxyl groups is 4. The highest BCUT2D eigenvalue weighted by Crippen LogP contribution is 2.40. The molecule has 0 spiro atoms. The molecule has 2 heterocycles. The van der Waals surface area contributed by atoms with Gasteiger partial charge in [-0.2, -0.15) is 0 Å². The van der Waals surface area contributed by atoms with Crippen LogP contribution in [0.5, 0.6) is 0 Å². The van der Waals surface area contributed by atoms with Crippen molar-refractivity contribution in [2.45, 2.75) is 110 Å². The molecule has 2 fully saturated rings. The van der Waals surface area contributed by atoms with Crippen LogP contribution >= 0.6 is 11.8 Å². The smallest absolute Gasteiger partial charge is 0.172 e. The Bertz CT molecular complexity index is 1520. The van der Waals surface area contributed by atoms with E-state index in [2.05, 4.69) is 61.6 Å². The Morgan fingerprint density at radius 3 is 2.15 bits per heavy atom. The Morgan fingerprint density at radius 1 is 1.07 bits per heavy atom. The third kappa shape index (κ3) is 19.0. The molecule has 2 aromatic carbocycles. The number of benzene rings is 2. The SMILES string of the molecule is C=C(C)C/C(=C/C)CC#C/C(C)=C/O.C=CC=C.CC.CC1OC(CO)CC(O)C1O.COC1C(SCC(=O)c2ccc(F)cc2)C(C)N1c1ccccc1. The van der Waals surface area contributed by atoms with Crippen molar-refractivity contribution in [2.24, 2.45) is 0 Å². The second kappa shape index (κ2) is 29.4. The van der Waals surface area contributed by atoms with Crippen LogP contribution in [-0.2, 0) is 9.47 Å². The molecule has 0 bridgehead atoms. The Morgan fingerprint density at radius 2 is 1.67 bits per heavy atom. The van der Waals surface area contributed by atoms with Crippen molar-refractivity contribution in [3.05, 3.63) is 127 Å². The van der Waals surface area contributed by atoms with Crippen molar-refractivity contribution in [1.82, 2.24) is 0 Å². The highest BCUT2D eigenvalue weighted by atomic mass is 32.2. The number of ether oxygens (including phenoxy) is 2. The molecule has 2 saturated heterocycles. The normalized spacial score (nSPS) is 22.7. The number of carbonyl (C=O) groups is 1. The molecular formula is C45H64FNO7S. The second-order valence-corrected chi connectivity index (χ2v) is 13.8. The number of anilines is 1. The first-order valence-electron chi connectivity index (χ1n) is 18.5. The van der Waals surface area contributed by atoms with Crippen LogP contribution in [0.4, 0.5) is 10.1 Å². The average Bonchev–Trinajstić information content (AvgIpc) is 3.19.